The normalized spacial score (nSPS) is 14.4. The molecule has 1 amide bonds. The number of amides is 1. The lowest BCUT2D eigenvalue weighted by atomic mass is 10.0. The Kier molecular flexibility index (Phi) is 4.02. The van der Waals surface area contributed by atoms with Crippen molar-refractivity contribution in [3.63, 3.8) is 0 Å². The number of benzene rings is 1. The molecule has 2 heterocycles. The van der Waals surface area contributed by atoms with E-state index in [0.717, 1.165) is 17.3 Å². The summed E-state index contributed by atoms with van der Waals surface area (Å²) in [5, 5.41) is 11.8. The first-order valence-electron chi connectivity index (χ1n) is 7.53. The highest BCUT2D eigenvalue weighted by Crippen LogP contribution is 2.36. The third kappa shape index (κ3) is 3.34. The van der Waals surface area contributed by atoms with Crippen molar-refractivity contribution in [2.24, 2.45) is 10.2 Å². The molecule has 0 spiro atoms. The smallest absolute Gasteiger partial charge is 0.270 e. The molecule has 23 heavy (non-hydrogen) atoms. The Balaban J connectivity index is 1.66. The highest BCUT2D eigenvalue weighted by atomic mass is 16.1. The molecule has 2 aromatic rings. The highest BCUT2D eigenvalue weighted by molar-refractivity contribution is 6.04. The largest absolute Gasteiger partial charge is 0.351 e. The number of nitrogens with one attached hydrogen (secondary N) is 1. The maximum atomic E-state index is 12.4. The lowest BCUT2D eigenvalue weighted by Gasteiger charge is -2.11. The van der Waals surface area contributed by atoms with Gasteiger partial charge in [0.1, 0.15) is 11.5 Å². The molecule has 0 aliphatic carbocycles. The van der Waals surface area contributed by atoms with Crippen LogP contribution in [0, 0.1) is 19.3 Å². The maximum Gasteiger partial charge on any atom is 0.270 e. The molecule has 116 valence electrons. The van der Waals surface area contributed by atoms with Gasteiger partial charge in [-0.25, -0.2) is 9.97 Å². The molecule has 0 bridgehead atoms. The number of fused-ring (bicyclic) bond motifs is 1. The van der Waals surface area contributed by atoms with Crippen molar-refractivity contribution in [1.82, 2.24) is 15.3 Å². The average molecular weight is 307 g/mol. The van der Waals surface area contributed by atoms with E-state index in [2.05, 4.69) is 31.4 Å². The van der Waals surface area contributed by atoms with Gasteiger partial charge in [-0.2, -0.15) is 10.2 Å². The monoisotopic (exact) mass is 307 g/mol. The lowest BCUT2D eigenvalue weighted by molar-refractivity contribution is 0.0948. The molecule has 1 aromatic carbocycles. The Bertz CT molecular complexity index is 815. The van der Waals surface area contributed by atoms with Gasteiger partial charge in [0.15, 0.2) is 5.66 Å². The molecular weight excluding hydrogens is 290 g/mol. The summed E-state index contributed by atoms with van der Waals surface area (Å²) in [6.45, 7) is 2.26. The van der Waals surface area contributed by atoms with E-state index in [4.69, 9.17) is 6.42 Å². The summed E-state index contributed by atoms with van der Waals surface area (Å²) in [6.07, 6.45) is 7.29. The number of terminal acetylenes is 1. The Hall–Kier alpha value is -2.81. The van der Waals surface area contributed by atoms with Gasteiger partial charge in [0.05, 0.1) is 5.52 Å². The van der Waals surface area contributed by atoms with Crippen LogP contribution in [0.25, 0.3) is 10.9 Å². The SMILES string of the molecule is C#CCCC1(CCNC(=O)c2nc(C)nc3ccccc23)N=N1. The van der Waals surface area contributed by atoms with Crippen molar-refractivity contribution in [3.05, 3.63) is 35.8 Å². The lowest BCUT2D eigenvalue weighted by Crippen LogP contribution is -2.29. The van der Waals surface area contributed by atoms with Crippen LogP contribution >= 0.6 is 0 Å². The zero-order chi connectivity index (χ0) is 16.3. The first-order valence-corrected chi connectivity index (χ1v) is 7.53. The standard InChI is InChI=1S/C17H17N5O/c1-3-4-9-17(21-22-17)10-11-18-16(23)15-13-7-5-6-8-14(13)19-12(2)20-15/h1,5-8H,4,9-11H2,2H3,(H,18,23). The number of aryl methyl sites for hydroxylation is 1. The van der Waals surface area contributed by atoms with Crippen LogP contribution in [0.1, 0.15) is 35.6 Å². The van der Waals surface area contributed by atoms with Crippen molar-refractivity contribution in [3.8, 4) is 12.3 Å². The third-order valence-corrected chi connectivity index (χ3v) is 3.79. The molecule has 0 atom stereocenters. The van der Waals surface area contributed by atoms with Crippen LogP contribution in [0.2, 0.25) is 0 Å². The van der Waals surface area contributed by atoms with E-state index in [1.54, 1.807) is 6.92 Å². The van der Waals surface area contributed by atoms with Gasteiger partial charge in [0.25, 0.3) is 5.91 Å². The number of carbonyl (C=O) groups is 1. The van der Waals surface area contributed by atoms with Crippen LogP contribution in [0.4, 0.5) is 0 Å². The summed E-state index contributed by atoms with van der Waals surface area (Å²) in [5.74, 6) is 2.96. The summed E-state index contributed by atoms with van der Waals surface area (Å²) < 4.78 is 0. The minimum absolute atomic E-state index is 0.209. The van der Waals surface area contributed by atoms with E-state index in [1.165, 1.54) is 0 Å². The van der Waals surface area contributed by atoms with Gasteiger partial charge in [0, 0.05) is 31.2 Å². The summed E-state index contributed by atoms with van der Waals surface area (Å²) in [7, 11) is 0. The van der Waals surface area contributed by atoms with Crippen molar-refractivity contribution in [2.75, 3.05) is 6.54 Å². The van der Waals surface area contributed by atoms with E-state index in [-0.39, 0.29) is 11.6 Å². The fourth-order valence-corrected chi connectivity index (χ4v) is 2.49. The van der Waals surface area contributed by atoms with Gasteiger partial charge < -0.3 is 5.32 Å². The first-order chi connectivity index (χ1) is 11.1. The van der Waals surface area contributed by atoms with E-state index >= 15 is 0 Å². The molecule has 0 fully saturated rings. The Morgan fingerprint density at radius 1 is 1.26 bits per heavy atom. The van der Waals surface area contributed by atoms with Crippen molar-refractivity contribution < 1.29 is 4.79 Å². The summed E-state index contributed by atoms with van der Waals surface area (Å²) in [6, 6.07) is 7.48. The predicted molar refractivity (Wildman–Crippen MR) is 86.9 cm³/mol. The highest BCUT2D eigenvalue weighted by Gasteiger charge is 2.38. The molecule has 3 rings (SSSR count). The fourth-order valence-electron chi connectivity index (χ4n) is 2.49. The second-order valence-electron chi connectivity index (χ2n) is 5.53. The molecule has 1 aliphatic heterocycles. The fraction of sp³-hybridized carbons (Fsp3) is 0.353. The number of hydrogen-bond acceptors (Lipinski definition) is 5. The number of hydrogen-bond donors (Lipinski definition) is 1. The Morgan fingerprint density at radius 3 is 2.78 bits per heavy atom. The molecule has 0 radical (unpaired) electrons. The number of rotatable bonds is 6. The molecule has 0 unspecified atom stereocenters. The van der Waals surface area contributed by atoms with Crippen molar-refractivity contribution in [2.45, 2.75) is 31.8 Å². The summed E-state index contributed by atoms with van der Waals surface area (Å²) >= 11 is 0. The third-order valence-electron chi connectivity index (χ3n) is 3.79. The van der Waals surface area contributed by atoms with Crippen molar-refractivity contribution in [1.29, 1.82) is 0 Å². The minimum Gasteiger partial charge on any atom is -0.351 e. The molecule has 0 saturated carbocycles. The second-order valence-corrected chi connectivity index (χ2v) is 5.53. The maximum absolute atomic E-state index is 12.4. The van der Waals surface area contributed by atoms with Gasteiger partial charge in [-0.15, -0.1) is 12.3 Å². The topological polar surface area (TPSA) is 79.6 Å². The van der Waals surface area contributed by atoms with Crippen LogP contribution in [0.3, 0.4) is 0 Å². The molecule has 1 aliphatic rings. The molecule has 0 saturated heterocycles. The van der Waals surface area contributed by atoms with Gasteiger partial charge in [-0.1, -0.05) is 18.2 Å². The number of nitrogens with zero attached hydrogens (tertiary/aromatic N) is 4. The van der Waals surface area contributed by atoms with E-state index in [1.807, 2.05) is 24.3 Å². The predicted octanol–water partition coefficient (Wildman–Crippen LogP) is 2.63. The van der Waals surface area contributed by atoms with Crippen LogP contribution in [0.15, 0.2) is 34.5 Å². The number of para-hydroxylation sites is 1. The Morgan fingerprint density at radius 2 is 2.04 bits per heavy atom. The van der Waals surface area contributed by atoms with Gasteiger partial charge in [0.2, 0.25) is 0 Å². The molecule has 6 heteroatoms. The summed E-state index contributed by atoms with van der Waals surface area (Å²) in [4.78, 5) is 21.1. The van der Waals surface area contributed by atoms with Crippen LogP contribution in [-0.4, -0.2) is 28.1 Å². The zero-order valence-corrected chi connectivity index (χ0v) is 12.9. The molecular formula is C17H17N5O. The number of aromatic nitrogens is 2. The van der Waals surface area contributed by atoms with Gasteiger partial charge in [-0.05, 0) is 13.0 Å². The van der Waals surface area contributed by atoms with E-state index < -0.39 is 0 Å². The molecule has 1 N–H and O–H groups in total. The average Bonchev–Trinajstić information content (AvgIpc) is 3.32. The van der Waals surface area contributed by atoms with E-state index in [0.29, 0.717) is 30.9 Å². The van der Waals surface area contributed by atoms with Crippen LogP contribution in [-0.2, 0) is 0 Å². The van der Waals surface area contributed by atoms with Crippen LogP contribution in [0.5, 0.6) is 0 Å². The molecule has 6 nitrogen and oxygen atoms in total. The number of carbonyl (C=O) groups excluding carboxylic acids is 1. The van der Waals surface area contributed by atoms with Gasteiger partial charge in [-0.3, -0.25) is 4.79 Å². The second kappa shape index (κ2) is 6.13. The van der Waals surface area contributed by atoms with Crippen LogP contribution < -0.4 is 5.32 Å². The van der Waals surface area contributed by atoms with Crippen molar-refractivity contribution >= 4 is 16.8 Å². The Labute approximate surface area is 134 Å². The quantitative estimate of drug-likeness (QED) is 0.833. The molecule has 1 aromatic heterocycles. The van der Waals surface area contributed by atoms with Gasteiger partial charge >= 0.3 is 0 Å². The first kappa shape index (κ1) is 15.1. The zero-order valence-electron chi connectivity index (χ0n) is 12.9. The van der Waals surface area contributed by atoms with E-state index in [9.17, 15) is 4.79 Å². The summed E-state index contributed by atoms with van der Waals surface area (Å²) in [5.41, 5.74) is 0.779. The minimum atomic E-state index is -0.386.